The van der Waals surface area contributed by atoms with Crippen molar-refractivity contribution >= 4 is 38.8 Å². The molecule has 0 bridgehead atoms. The maximum atomic E-state index is 10.8. The summed E-state index contributed by atoms with van der Waals surface area (Å²) in [5, 5.41) is 10.8. The number of halogens is 1. The van der Waals surface area contributed by atoms with E-state index in [-0.39, 0.29) is 0 Å². The first kappa shape index (κ1) is 10.9. The number of carboxylic acids is 1. The lowest BCUT2D eigenvalue weighted by atomic mass is 9.79. The van der Waals surface area contributed by atoms with Crippen LogP contribution in [0.25, 0.3) is 5.57 Å². The quantitative estimate of drug-likeness (QED) is 0.859. The molecule has 2 nitrogen and oxygen atoms in total. The maximum absolute atomic E-state index is 10.8. The monoisotopic (exact) mass is 286 g/mol. The highest BCUT2D eigenvalue weighted by atomic mass is 79.9. The van der Waals surface area contributed by atoms with Gasteiger partial charge in [-0.25, -0.2) is 4.79 Å². The molecule has 1 aromatic heterocycles. The fourth-order valence-corrected chi connectivity index (χ4v) is 3.23. The van der Waals surface area contributed by atoms with Crippen LogP contribution in [0.5, 0.6) is 0 Å². The van der Waals surface area contributed by atoms with Gasteiger partial charge in [0.2, 0.25) is 0 Å². The van der Waals surface area contributed by atoms with Gasteiger partial charge in [0, 0.05) is 20.8 Å². The van der Waals surface area contributed by atoms with Gasteiger partial charge >= 0.3 is 5.97 Å². The van der Waals surface area contributed by atoms with Crippen LogP contribution in [0.4, 0.5) is 0 Å². The van der Waals surface area contributed by atoms with Gasteiger partial charge in [0.15, 0.2) is 0 Å². The molecule has 0 atom stereocenters. The van der Waals surface area contributed by atoms with Crippen molar-refractivity contribution in [2.45, 2.75) is 19.3 Å². The number of allylic oxidation sites excluding steroid dienone is 1. The van der Waals surface area contributed by atoms with E-state index in [9.17, 15) is 4.79 Å². The van der Waals surface area contributed by atoms with Gasteiger partial charge in [-0.15, -0.1) is 11.3 Å². The molecule has 0 aromatic carbocycles. The Labute approximate surface area is 101 Å². The Kier molecular flexibility index (Phi) is 3.26. The molecule has 0 aliphatic heterocycles. The number of carbonyl (C=O) groups is 1. The van der Waals surface area contributed by atoms with Crippen LogP contribution in [0.3, 0.4) is 0 Å². The molecule has 1 fully saturated rings. The second-order valence-electron chi connectivity index (χ2n) is 3.69. The molecule has 15 heavy (non-hydrogen) atoms. The summed E-state index contributed by atoms with van der Waals surface area (Å²) in [6, 6.07) is 2.00. The average molecular weight is 287 g/mol. The molecule has 1 saturated carbocycles. The van der Waals surface area contributed by atoms with E-state index in [4.69, 9.17) is 5.11 Å². The molecule has 0 saturated heterocycles. The summed E-state index contributed by atoms with van der Waals surface area (Å²) in [6.07, 6.45) is 4.82. The van der Waals surface area contributed by atoms with Crippen LogP contribution < -0.4 is 0 Å². The Morgan fingerprint density at radius 3 is 2.73 bits per heavy atom. The van der Waals surface area contributed by atoms with Crippen LogP contribution >= 0.6 is 27.3 Å². The number of hydrogen-bond donors (Lipinski definition) is 1. The fourth-order valence-electron chi connectivity index (χ4n) is 1.71. The van der Waals surface area contributed by atoms with Gasteiger partial charge in [-0.2, -0.15) is 0 Å². The highest BCUT2D eigenvalue weighted by molar-refractivity contribution is 9.10. The summed E-state index contributed by atoms with van der Waals surface area (Å²) < 4.78 is 1.03. The third kappa shape index (κ3) is 2.49. The zero-order chi connectivity index (χ0) is 10.8. The highest BCUT2D eigenvalue weighted by Crippen LogP contribution is 2.41. The molecule has 1 N–H and O–H groups in total. The van der Waals surface area contributed by atoms with Crippen LogP contribution in [0.2, 0.25) is 0 Å². The molecule has 1 aromatic rings. The summed E-state index contributed by atoms with van der Waals surface area (Å²) in [6.45, 7) is 0. The Bertz CT molecular complexity index is 404. The first-order valence-electron chi connectivity index (χ1n) is 4.86. The van der Waals surface area contributed by atoms with E-state index in [1.165, 1.54) is 12.5 Å². The molecule has 0 radical (unpaired) electrons. The number of hydrogen-bond acceptors (Lipinski definition) is 2. The van der Waals surface area contributed by atoms with E-state index < -0.39 is 5.97 Å². The van der Waals surface area contributed by atoms with E-state index in [1.807, 2.05) is 11.4 Å². The van der Waals surface area contributed by atoms with Crippen molar-refractivity contribution in [2.75, 3.05) is 0 Å². The molecule has 2 rings (SSSR count). The van der Waals surface area contributed by atoms with Crippen LogP contribution in [-0.4, -0.2) is 11.1 Å². The zero-order valence-corrected chi connectivity index (χ0v) is 10.5. The second-order valence-corrected chi connectivity index (χ2v) is 5.52. The number of rotatable bonds is 3. The molecule has 0 spiro atoms. The summed E-state index contributed by atoms with van der Waals surface area (Å²) in [7, 11) is 0. The summed E-state index contributed by atoms with van der Waals surface area (Å²) in [4.78, 5) is 11.8. The third-order valence-electron chi connectivity index (χ3n) is 2.68. The largest absolute Gasteiger partial charge is 0.478 e. The standard InChI is InChI=1S/C11H11BrO2S/c12-8-4-10(15-6-8)9(5-11(13)14)7-2-1-3-7/h4-7H,1-3H2,(H,13,14)/b9-5+. The topological polar surface area (TPSA) is 37.3 Å². The minimum Gasteiger partial charge on any atom is -0.478 e. The fraction of sp³-hybridized carbons (Fsp3) is 0.364. The number of thiophene rings is 1. The van der Waals surface area contributed by atoms with Gasteiger partial charge in [-0.05, 0) is 46.3 Å². The van der Waals surface area contributed by atoms with E-state index in [0.717, 1.165) is 27.8 Å². The first-order chi connectivity index (χ1) is 7.16. The van der Waals surface area contributed by atoms with Crippen molar-refractivity contribution in [3.63, 3.8) is 0 Å². The lowest BCUT2D eigenvalue weighted by Crippen LogP contribution is -2.13. The van der Waals surface area contributed by atoms with Gasteiger partial charge in [0.05, 0.1) is 0 Å². The molecular formula is C11H11BrO2S. The van der Waals surface area contributed by atoms with Crippen molar-refractivity contribution < 1.29 is 9.90 Å². The lowest BCUT2D eigenvalue weighted by molar-refractivity contribution is -0.131. The van der Waals surface area contributed by atoms with Crippen LogP contribution in [0.1, 0.15) is 24.1 Å². The van der Waals surface area contributed by atoms with E-state index in [1.54, 1.807) is 11.3 Å². The lowest BCUT2D eigenvalue weighted by Gasteiger charge is -2.27. The Morgan fingerprint density at radius 1 is 1.60 bits per heavy atom. The maximum Gasteiger partial charge on any atom is 0.328 e. The normalized spacial score (nSPS) is 17.5. The van der Waals surface area contributed by atoms with Crippen molar-refractivity contribution in [1.82, 2.24) is 0 Å². The van der Waals surface area contributed by atoms with Crippen LogP contribution in [0.15, 0.2) is 22.0 Å². The van der Waals surface area contributed by atoms with Gasteiger partial charge in [-0.1, -0.05) is 6.42 Å². The molecule has 1 aliphatic rings. The van der Waals surface area contributed by atoms with Gasteiger partial charge in [-0.3, -0.25) is 0 Å². The SMILES string of the molecule is O=C(O)/C=C(/c1cc(Br)cs1)C1CCC1. The zero-order valence-electron chi connectivity index (χ0n) is 8.07. The van der Waals surface area contributed by atoms with E-state index in [2.05, 4.69) is 15.9 Å². The molecule has 4 heteroatoms. The van der Waals surface area contributed by atoms with Crippen LogP contribution in [0, 0.1) is 5.92 Å². The van der Waals surface area contributed by atoms with Gasteiger partial charge in [0.1, 0.15) is 0 Å². The molecule has 0 amide bonds. The van der Waals surface area contributed by atoms with Gasteiger partial charge < -0.3 is 5.11 Å². The molecule has 80 valence electrons. The molecular weight excluding hydrogens is 276 g/mol. The van der Waals surface area contributed by atoms with Crippen LogP contribution in [-0.2, 0) is 4.79 Å². The Hall–Kier alpha value is -0.610. The summed E-state index contributed by atoms with van der Waals surface area (Å²) in [5.74, 6) is -0.395. The van der Waals surface area contributed by atoms with Crippen molar-refractivity contribution in [1.29, 1.82) is 0 Å². The highest BCUT2D eigenvalue weighted by Gasteiger charge is 2.24. The van der Waals surface area contributed by atoms with Crippen molar-refractivity contribution in [3.8, 4) is 0 Å². The number of aliphatic carboxylic acids is 1. The van der Waals surface area contributed by atoms with E-state index >= 15 is 0 Å². The summed E-state index contributed by atoms with van der Waals surface area (Å²) in [5.41, 5.74) is 0.990. The second kappa shape index (κ2) is 4.49. The van der Waals surface area contributed by atoms with Gasteiger partial charge in [0.25, 0.3) is 0 Å². The Balaban J connectivity index is 2.29. The minimum atomic E-state index is -0.846. The Morgan fingerprint density at radius 2 is 2.33 bits per heavy atom. The average Bonchev–Trinajstić information content (AvgIpc) is 2.46. The predicted octanol–water partition coefficient (Wildman–Crippen LogP) is 3.78. The van der Waals surface area contributed by atoms with Crippen molar-refractivity contribution in [2.24, 2.45) is 5.92 Å². The minimum absolute atomic E-state index is 0.451. The smallest absolute Gasteiger partial charge is 0.328 e. The predicted molar refractivity (Wildman–Crippen MR) is 65.0 cm³/mol. The third-order valence-corrected chi connectivity index (χ3v) is 4.42. The van der Waals surface area contributed by atoms with E-state index in [0.29, 0.717) is 5.92 Å². The molecule has 1 aliphatic carbocycles. The van der Waals surface area contributed by atoms with Crippen molar-refractivity contribution in [3.05, 3.63) is 26.9 Å². The first-order valence-corrected chi connectivity index (χ1v) is 6.53. The summed E-state index contributed by atoms with van der Waals surface area (Å²) >= 11 is 4.99. The number of carboxylic acid groups (broad SMARTS) is 1. The molecule has 0 unspecified atom stereocenters. The molecule has 1 heterocycles.